The number of benzene rings is 2. The molecule has 0 atom stereocenters. The van der Waals surface area contributed by atoms with Crippen LogP contribution < -0.4 is 10.1 Å². The largest absolute Gasteiger partial charge is 0.494 e. The predicted octanol–water partition coefficient (Wildman–Crippen LogP) is 4.55. The van der Waals surface area contributed by atoms with Crippen molar-refractivity contribution >= 4 is 11.5 Å². The highest BCUT2D eigenvalue weighted by atomic mass is 16.5. The smallest absolute Gasteiger partial charge is 0.187 e. The van der Waals surface area contributed by atoms with Gasteiger partial charge in [0.1, 0.15) is 11.8 Å². The third-order valence-corrected chi connectivity index (χ3v) is 3.43. The van der Waals surface area contributed by atoms with Gasteiger partial charge in [-0.15, -0.1) is 0 Å². The summed E-state index contributed by atoms with van der Waals surface area (Å²) in [5.74, 6) is 0.655. The third kappa shape index (κ3) is 4.99. The number of unbranched alkanes of at least 4 members (excludes halogenated alkanes) is 1. The van der Waals surface area contributed by atoms with Crippen LogP contribution >= 0.6 is 0 Å². The maximum atomic E-state index is 12.1. The van der Waals surface area contributed by atoms with Crippen molar-refractivity contribution in [1.82, 2.24) is 0 Å². The van der Waals surface area contributed by atoms with Crippen LogP contribution in [0.1, 0.15) is 35.7 Å². The maximum absolute atomic E-state index is 12.1. The minimum Gasteiger partial charge on any atom is -0.494 e. The molecule has 0 aliphatic rings. The molecule has 122 valence electrons. The van der Waals surface area contributed by atoms with Crippen molar-refractivity contribution in [3.63, 3.8) is 0 Å². The Kier molecular flexibility index (Phi) is 6.60. The van der Waals surface area contributed by atoms with Gasteiger partial charge in [-0.3, -0.25) is 4.79 Å². The van der Waals surface area contributed by atoms with Gasteiger partial charge in [0, 0.05) is 17.8 Å². The average Bonchev–Trinajstić information content (AvgIpc) is 2.63. The van der Waals surface area contributed by atoms with Crippen LogP contribution in [0.15, 0.2) is 60.8 Å². The van der Waals surface area contributed by atoms with Crippen LogP contribution in [-0.2, 0) is 0 Å². The highest BCUT2D eigenvalue weighted by Gasteiger charge is 2.03. The van der Waals surface area contributed by atoms with E-state index in [0.29, 0.717) is 23.4 Å². The predicted molar refractivity (Wildman–Crippen MR) is 95.1 cm³/mol. The molecule has 0 radical (unpaired) electrons. The van der Waals surface area contributed by atoms with Gasteiger partial charge >= 0.3 is 0 Å². The van der Waals surface area contributed by atoms with E-state index in [1.807, 2.05) is 6.07 Å². The zero-order valence-electron chi connectivity index (χ0n) is 13.7. The third-order valence-electron chi connectivity index (χ3n) is 3.43. The van der Waals surface area contributed by atoms with Gasteiger partial charge in [-0.2, -0.15) is 5.26 Å². The Balaban J connectivity index is 1.93. The van der Waals surface area contributed by atoms with Crippen LogP contribution in [0.5, 0.6) is 5.75 Å². The van der Waals surface area contributed by atoms with E-state index in [1.54, 1.807) is 48.7 Å². The van der Waals surface area contributed by atoms with Crippen LogP contribution in [0.2, 0.25) is 0 Å². The highest BCUT2D eigenvalue weighted by Crippen LogP contribution is 2.15. The first kappa shape index (κ1) is 17.3. The lowest BCUT2D eigenvalue weighted by molar-refractivity contribution is 0.104. The first-order valence-electron chi connectivity index (χ1n) is 7.94. The average molecular weight is 320 g/mol. The number of ketones is 1. The van der Waals surface area contributed by atoms with E-state index in [-0.39, 0.29) is 5.78 Å². The van der Waals surface area contributed by atoms with Gasteiger partial charge in [-0.25, -0.2) is 0 Å². The highest BCUT2D eigenvalue weighted by molar-refractivity contribution is 6.04. The molecule has 4 nitrogen and oxygen atoms in total. The molecule has 2 aromatic rings. The van der Waals surface area contributed by atoms with Crippen molar-refractivity contribution in [1.29, 1.82) is 5.26 Å². The SMILES string of the molecule is CCCCOc1ccc(C(=O)C=CNc2ccccc2C#N)cc1. The van der Waals surface area contributed by atoms with E-state index in [4.69, 9.17) is 10.00 Å². The number of hydrogen-bond acceptors (Lipinski definition) is 4. The molecule has 0 aliphatic carbocycles. The fourth-order valence-corrected chi connectivity index (χ4v) is 2.06. The lowest BCUT2D eigenvalue weighted by Gasteiger charge is -2.05. The molecule has 24 heavy (non-hydrogen) atoms. The molecule has 0 aromatic heterocycles. The Morgan fingerprint density at radius 1 is 1.21 bits per heavy atom. The van der Waals surface area contributed by atoms with Crippen molar-refractivity contribution in [3.8, 4) is 11.8 Å². The number of para-hydroxylation sites is 1. The van der Waals surface area contributed by atoms with E-state index in [2.05, 4.69) is 18.3 Å². The van der Waals surface area contributed by atoms with Crippen LogP contribution in [0, 0.1) is 11.3 Å². The summed E-state index contributed by atoms with van der Waals surface area (Å²) in [7, 11) is 0. The second kappa shape index (κ2) is 9.16. The minimum atomic E-state index is -0.114. The Hall–Kier alpha value is -3.06. The van der Waals surface area contributed by atoms with Crippen molar-refractivity contribution in [2.45, 2.75) is 19.8 Å². The topological polar surface area (TPSA) is 62.1 Å². The van der Waals surface area contributed by atoms with E-state index in [1.165, 1.54) is 6.08 Å². The van der Waals surface area contributed by atoms with Gasteiger partial charge in [0.05, 0.1) is 17.9 Å². The molecule has 1 N–H and O–H groups in total. The molecule has 0 heterocycles. The van der Waals surface area contributed by atoms with Crippen molar-refractivity contribution in [2.75, 3.05) is 11.9 Å². The molecule has 2 aromatic carbocycles. The quantitative estimate of drug-likeness (QED) is 0.440. The molecule has 0 aliphatic heterocycles. The Morgan fingerprint density at radius 2 is 1.96 bits per heavy atom. The molecule has 0 saturated heterocycles. The van der Waals surface area contributed by atoms with E-state index >= 15 is 0 Å². The summed E-state index contributed by atoms with van der Waals surface area (Å²) in [6, 6.07) is 16.3. The number of anilines is 1. The second-order valence-corrected chi connectivity index (χ2v) is 5.23. The van der Waals surface area contributed by atoms with Crippen molar-refractivity contribution < 1.29 is 9.53 Å². The van der Waals surface area contributed by atoms with E-state index in [9.17, 15) is 4.79 Å². The monoisotopic (exact) mass is 320 g/mol. The molecule has 0 fully saturated rings. The summed E-state index contributed by atoms with van der Waals surface area (Å²) in [4.78, 5) is 12.1. The standard InChI is InChI=1S/C20H20N2O2/c1-2-3-14-24-18-10-8-16(9-11-18)20(23)12-13-22-19-7-5-4-6-17(19)15-21/h4-13,22H,2-3,14H2,1H3. The van der Waals surface area contributed by atoms with Crippen LogP contribution in [0.3, 0.4) is 0 Å². The maximum Gasteiger partial charge on any atom is 0.187 e. The minimum absolute atomic E-state index is 0.114. The summed E-state index contributed by atoms with van der Waals surface area (Å²) in [6.45, 7) is 2.80. The van der Waals surface area contributed by atoms with E-state index < -0.39 is 0 Å². The summed E-state index contributed by atoms with van der Waals surface area (Å²) in [5, 5.41) is 12.0. The summed E-state index contributed by atoms with van der Waals surface area (Å²) in [6.07, 6.45) is 5.09. The first-order valence-corrected chi connectivity index (χ1v) is 7.94. The van der Waals surface area contributed by atoms with Crippen molar-refractivity contribution in [3.05, 3.63) is 71.9 Å². The first-order chi connectivity index (χ1) is 11.7. The zero-order chi connectivity index (χ0) is 17.2. The van der Waals surface area contributed by atoms with Gasteiger partial charge < -0.3 is 10.1 Å². The Bertz CT molecular complexity index is 743. The van der Waals surface area contributed by atoms with Crippen LogP contribution in [0.25, 0.3) is 0 Å². The Labute approximate surface area is 142 Å². The van der Waals surface area contributed by atoms with Gasteiger partial charge in [-0.1, -0.05) is 25.5 Å². The summed E-state index contributed by atoms with van der Waals surface area (Å²) >= 11 is 0. The molecule has 0 amide bonds. The fraction of sp³-hybridized carbons (Fsp3) is 0.200. The lowest BCUT2D eigenvalue weighted by Crippen LogP contribution is -1.99. The molecule has 2 rings (SSSR count). The normalized spacial score (nSPS) is 10.3. The molecule has 0 bridgehead atoms. The molecule has 4 heteroatoms. The number of allylic oxidation sites excluding steroid dienone is 1. The second-order valence-electron chi connectivity index (χ2n) is 5.23. The number of rotatable bonds is 8. The molecular weight excluding hydrogens is 300 g/mol. The Morgan fingerprint density at radius 3 is 2.67 bits per heavy atom. The van der Waals surface area contributed by atoms with E-state index in [0.717, 1.165) is 18.6 Å². The number of nitriles is 1. The van der Waals surface area contributed by atoms with Gasteiger partial charge in [0.15, 0.2) is 5.78 Å². The van der Waals surface area contributed by atoms with Gasteiger partial charge in [-0.05, 0) is 42.8 Å². The van der Waals surface area contributed by atoms with Crippen LogP contribution in [-0.4, -0.2) is 12.4 Å². The number of carbonyl (C=O) groups excluding carboxylic acids is 1. The molecule has 0 spiro atoms. The number of nitrogens with one attached hydrogen (secondary N) is 1. The molecule has 0 saturated carbocycles. The lowest BCUT2D eigenvalue weighted by atomic mass is 10.1. The number of nitrogens with zero attached hydrogens (tertiary/aromatic N) is 1. The van der Waals surface area contributed by atoms with Gasteiger partial charge in [0.2, 0.25) is 0 Å². The molecular formula is C20H20N2O2. The van der Waals surface area contributed by atoms with Gasteiger partial charge in [0.25, 0.3) is 0 Å². The van der Waals surface area contributed by atoms with Crippen LogP contribution in [0.4, 0.5) is 5.69 Å². The number of ether oxygens (including phenoxy) is 1. The number of carbonyl (C=O) groups is 1. The molecule has 0 unspecified atom stereocenters. The van der Waals surface area contributed by atoms with Crippen molar-refractivity contribution in [2.24, 2.45) is 0 Å². The summed E-state index contributed by atoms with van der Waals surface area (Å²) < 4.78 is 5.57. The zero-order valence-corrected chi connectivity index (χ0v) is 13.7. The number of hydrogen-bond donors (Lipinski definition) is 1. The summed E-state index contributed by atoms with van der Waals surface area (Å²) in [5.41, 5.74) is 1.79. The fourth-order valence-electron chi connectivity index (χ4n) is 2.06.